The molecule has 0 saturated carbocycles. The van der Waals surface area contributed by atoms with Crippen LogP contribution in [0.5, 0.6) is 0 Å². The molecule has 8 heteroatoms. The van der Waals surface area contributed by atoms with Gasteiger partial charge in [0.25, 0.3) is 5.91 Å². The zero-order valence-electron chi connectivity index (χ0n) is 14.8. The van der Waals surface area contributed by atoms with Crippen LogP contribution in [0, 0.1) is 5.82 Å². The van der Waals surface area contributed by atoms with Gasteiger partial charge in [-0.1, -0.05) is 0 Å². The Morgan fingerprint density at radius 3 is 2.60 bits per heavy atom. The van der Waals surface area contributed by atoms with Gasteiger partial charge in [-0.05, 0) is 25.2 Å². The molecule has 0 N–H and O–H groups in total. The highest BCUT2D eigenvalue weighted by atomic mass is 19.1. The second-order valence-corrected chi connectivity index (χ2v) is 6.47. The number of piperazine rings is 1. The Morgan fingerprint density at radius 2 is 1.96 bits per heavy atom. The normalized spacial score (nSPS) is 15.4. The molecule has 3 rings (SSSR count). The summed E-state index contributed by atoms with van der Waals surface area (Å²) in [6, 6.07) is 4.43. The van der Waals surface area contributed by atoms with Gasteiger partial charge in [-0.25, -0.2) is 4.39 Å². The third-order valence-corrected chi connectivity index (χ3v) is 4.56. The minimum Gasteiger partial charge on any atom is -0.368 e. The SMILES string of the molecule is CN1CCN(c2ccc(F)cc2C(=O)N(C)Cc2nncn2C)CC1. The smallest absolute Gasteiger partial charge is 0.256 e. The number of carbonyl (C=O) groups is 1. The molecule has 1 fully saturated rings. The predicted octanol–water partition coefficient (Wildman–Crippen LogP) is 0.978. The standard InChI is InChI=1S/C17H23FN6O/c1-21-6-8-24(9-7-21)15-5-4-13(18)10-14(15)17(25)22(2)11-16-20-19-12-23(16)3/h4-5,10,12H,6-9,11H2,1-3H3. The molecule has 0 radical (unpaired) electrons. The van der Waals surface area contributed by atoms with Crippen molar-refractivity contribution in [3.63, 3.8) is 0 Å². The molecule has 1 aromatic carbocycles. The molecule has 0 bridgehead atoms. The van der Waals surface area contributed by atoms with Crippen LogP contribution in [0.4, 0.5) is 10.1 Å². The first-order chi connectivity index (χ1) is 12.0. The average Bonchev–Trinajstić information content (AvgIpc) is 3.00. The molecular formula is C17H23FN6O. The summed E-state index contributed by atoms with van der Waals surface area (Å²) < 4.78 is 15.6. The van der Waals surface area contributed by atoms with Gasteiger partial charge in [0.2, 0.25) is 0 Å². The van der Waals surface area contributed by atoms with E-state index in [1.807, 2.05) is 7.05 Å². The maximum atomic E-state index is 13.8. The monoisotopic (exact) mass is 346 g/mol. The van der Waals surface area contributed by atoms with E-state index < -0.39 is 5.82 Å². The highest BCUT2D eigenvalue weighted by Crippen LogP contribution is 2.24. The number of likely N-dealkylation sites (N-methyl/N-ethyl adjacent to an activating group) is 1. The van der Waals surface area contributed by atoms with E-state index in [4.69, 9.17) is 0 Å². The van der Waals surface area contributed by atoms with Gasteiger partial charge in [0, 0.05) is 46.0 Å². The van der Waals surface area contributed by atoms with Crippen molar-refractivity contribution < 1.29 is 9.18 Å². The van der Waals surface area contributed by atoms with E-state index in [1.54, 1.807) is 28.9 Å². The van der Waals surface area contributed by atoms with Crippen molar-refractivity contribution in [3.05, 3.63) is 41.7 Å². The molecule has 1 aliphatic heterocycles. The molecule has 25 heavy (non-hydrogen) atoms. The zero-order valence-corrected chi connectivity index (χ0v) is 14.8. The van der Waals surface area contributed by atoms with E-state index >= 15 is 0 Å². The average molecular weight is 346 g/mol. The van der Waals surface area contributed by atoms with Crippen LogP contribution in [-0.2, 0) is 13.6 Å². The van der Waals surface area contributed by atoms with Crippen LogP contribution >= 0.6 is 0 Å². The first kappa shape index (κ1) is 17.3. The van der Waals surface area contributed by atoms with Gasteiger partial charge >= 0.3 is 0 Å². The fourth-order valence-corrected chi connectivity index (χ4v) is 2.94. The fraction of sp³-hybridized carbons (Fsp3) is 0.471. The number of aromatic nitrogens is 3. The molecule has 0 aliphatic carbocycles. The highest BCUT2D eigenvalue weighted by Gasteiger charge is 2.23. The van der Waals surface area contributed by atoms with Crippen molar-refractivity contribution in [2.45, 2.75) is 6.54 Å². The van der Waals surface area contributed by atoms with Crippen LogP contribution in [0.2, 0.25) is 0 Å². The third-order valence-electron chi connectivity index (χ3n) is 4.56. The highest BCUT2D eigenvalue weighted by molar-refractivity contribution is 5.99. The number of carbonyl (C=O) groups excluding carboxylic acids is 1. The molecule has 2 aromatic rings. The van der Waals surface area contributed by atoms with Crippen molar-refractivity contribution in [1.82, 2.24) is 24.6 Å². The number of amides is 1. The molecule has 134 valence electrons. The molecule has 1 saturated heterocycles. The number of rotatable bonds is 4. The van der Waals surface area contributed by atoms with E-state index in [9.17, 15) is 9.18 Å². The van der Waals surface area contributed by atoms with Crippen LogP contribution in [0.1, 0.15) is 16.2 Å². The third kappa shape index (κ3) is 3.79. The lowest BCUT2D eigenvalue weighted by Gasteiger charge is -2.35. The van der Waals surface area contributed by atoms with Crippen molar-refractivity contribution in [3.8, 4) is 0 Å². The summed E-state index contributed by atoms with van der Waals surface area (Å²) in [6.45, 7) is 3.78. The first-order valence-electron chi connectivity index (χ1n) is 8.27. The van der Waals surface area contributed by atoms with Crippen LogP contribution in [0.25, 0.3) is 0 Å². The summed E-state index contributed by atoms with van der Waals surface area (Å²) in [7, 11) is 5.59. The number of halogens is 1. The summed E-state index contributed by atoms with van der Waals surface area (Å²) in [5.41, 5.74) is 1.17. The molecule has 0 unspecified atom stereocenters. The topological polar surface area (TPSA) is 57.5 Å². The van der Waals surface area contributed by atoms with E-state index in [1.165, 1.54) is 12.1 Å². The largest absolute Gasteiger partial charge is 0.368 e. The van der Waals surface area contributed by atoms with Crippen LogP contribution in [0.3, 0.4) is 0 Å². The van der Waals surface area contributed by atoms with Gasteiger partial charge in [0.1, 0.15) is 12.1 Å². The van der Waals surface area contributed by atoms with Crippen molar-refractivity contribution in [2.24, 2.45) is 7.05 Å². The summed E-state index contributed by atoms with van der Waals surface area (Å²) in [4.78, 5) is 18.8. The summed E-state index contributed by atoms with van der Waals surface area (Å²) in [5.74, 6) is 0.0399. The molecule has 0 spiro atoms. The maximum Gasteiger partial charge on any atom is 0.256 e. The van der Waals surface area contributed by atoms with Crippen molar-refractivity contribution in [1.29, 1.82) is 0 Å². The van der Waals surface area contributed by atoms with Crippen molar-refractivity contribution >= 4 is 11.6 Å². The molecule has 7 nitrogen and oxygen atoms in total. The molecule has 2 heterocycles. The van der Waals surface area contributed by atoms with Gasteiger partial charge in [-0.3, -0.25) is 4.79 Å². The fourth-order valence-electron chi connectivity index (χ4n) is 2.94. The summed E-state index contributed by atoms with van der Waals surface area (Å²) in [6.07, 6.45) is 1.59. The Hall–Kier alpha value is -2.48. The minimum atomic E-state index is -0.409. The van der Waals surface area contributed by atoms with Gasteiger partial charge in [-0.15, -0.1) is 10.2 Å². The maximum absolute atomic E-state index is 13.8. The van der Waals surface area contributed by atoms with Crippen molar-refractivity contribution in [2.75, 3.05) is 45.2 Å². The van der Waals surface area contributed by atoms with Crippen LogP contribution < -0.4 is 4.90 Å². The number of nitrogens with zero attached hydrogens (tertiary/aromatic N) is 6. The van der Waals surface area contributed by atoms with E-state index in [0.717, 1.165) is 31.9 Å². The quantitative estimate of drug-likeness (QED) is 0.826. The lowest BCUT2D eigenvalue weighted by molar-refractivity contribution is 0.0780. The Labute approximate surface area is 146 Å². The molecule has 1 aliphatic rings. The number of hydrogen-bond donors (Lipinski definition) is 0. The Bertz CT molecular complexity index is 753. The summed E-state index contributed by atoms with van der Waals surface area (Å²) >= 11 is 0. The zero-order chi connectivity index (χ0) is 18.0. The Balaban J connectivity index is 1.83. The van der Waals surface area contributed by atoms with Gasteiger partial charge in [-0.2, -0.15) is 0 Å². The molecular weight excluding hydrogens is 323 g/mol. The minimum absolute atomic E-state index is 0.226. The van der Waals surface area contributed by atoms with E-state index in [0.29, 0.717) is 17.9 Å². The molecule has 1 amide bonds. The molecule has 0 atom stereocenters. The van der Waals surface area contributed by atoms with Gasteiger partial charge in [0.05, 0.1) is 12.1 Å². The van der Waals surface area contributed by atoms with E-state index in [-0.39, 0.29) is 5.91 Å². The number of benzene rings is 1. The lowest BCUT2D eigenvalue weighted by atomic mass is 10.1. The van der Waals surface area contributed by atoms with Crippen LogP contribution in [-0.4, -0.2) is 70.7 Å². The summed E-state index contributed by atoms with van der Waals surface area (Å²) in [5, 5.41) is 7.82. The van der Waals surface area contributed by atoms with Gasteiger partial charge < -0.3 is 19.3 Å². The Morgan fingerprint density at radius 1 is 1.24 bits per heavy atom. The Kier molecular flexibility index (Phi) is 4.98. The number of anilines is 1. The predicted molar refractivity (Wildman–Crippen MR) is 92.9 cm³/mol. The van der Waals surface area contributed by atoms with Gasteiger partial charge in [0.15, 0.2) is 5.82 Å². The number of hydrogen-bond acceptors (Lipinski definition) is 5. The first-order valence-corrected chi connectivity index (χ1v) is 8.27. The second-order valence-electron chi connectivity index (χ2n) is 6.47. The lowest BCUT2D eigenvalue weighted by Crippen LogP contribution is -2.45. The second kappa shape index (κ2) is 7.18. The number of aryl methyl sites for hydroxylation is 1. The molecule has 1 aromatic heterocycles. The van der Waals surface area contributed by atoms with E-state index in [2.05, 4.69) is 27.0 Å². The van der Waals surface area contributed by atoms with Crippen LogP contribution in [0.15, 0.2) is 24.5 Å².